The minimum atomic E-state index is -0.559. The van der Waals surface area contributed by atoms with Crippen LogP contribution in [0.15, 0.2) is 70.8 Å². The molecule has 1 saturated heterocycles. The average Bonchev–Trinajstić information content (AvgIpc) is 3.16. The second-order valence-electron chi connectivity index (χ2n) is 8.26. The van der Waals surface area contributed by atoms with Crippen molar-refractivity contribution in [2.75, 3.05) is 32.8 Å². The van der Waals surface area contributed by atoms with Gasteiger partial charge in [-0.1, -0.05) is 12.1 Å². The summed E-state index contributed by atoms with van der Waals surface area (Å²) in [5.41, 5.74) is 2.06. The molecule has 0 spiro atoms. The van der Waals surface area contributed by atoms with Crippen molar-refractivity contribution in [2.24, 2.45) is 0 Å². The smallest absolute Gasteiger partial charge is 0.325 e. The van der Waals surface area contributed by atoms with E-state index in [4.69, 9.17) is 31.2 Å². The molecule has 202 valence electrons. The van der Waals surface area contributed by atoms with Crippen molar-refractivity contribution in [1.29, 1.82) is 0 Å². The number of halogens is 2. The maximum atomic E-state index is 13.6. The Hall–Kier alpha value is -3.96. The fraction of sp³-hybridized carbons (Fsp3) is 0.179. The fourth-order valence-corrected chi connectivity index (χ4v) is 4.77. The summed E-state index contributed by atoms with van der Waals surface area (Å²) in [6.45, 7) is -0.0666. The van der Waals surface area contributed by atoms with E-state index in [1.807, 2.05) is 0 Å². The molecular formula is C28H24BrFN2O6S. The number of benzene rings is 3. The van der Waals surface area contributed by atoms with Crippen LogP contribution in [0.1, 0.15) is 11.1 Å². The third-order valence-electron chi connectivity index (χ3n) is 5.83. The van der Waals surface area contributed by atoms with E-state index in [2.05, 4.69) is 15.9 Å². The second kappa shape index (κ2) is 12.3. The zero-order chi connectivity index (χ0) is 28.1. The molecule has 1 fully saturated rings. The lowest BCUT2D eigenvalue weighted by Crippen LogP contribution is -2.35. The van der Waals surface area contributed by atoms with E-state index in [-0.39, 0.29) is 29.8 Å². The summed E-state index contributed by atoms with van der Waals surface area (Å²) >= 11 is 9.11. The van der Waals surface area contributed by atoms with Crippen molar-refractivity contribution < 1.29 is 32.9 Å². The van der Waals surface area contributed by atoms with Gasteiger partial charge in [-0.2, -0.15) is 0 Å². The van der Waals surface area contributed by atoms with Crippen molar-refractivity contribution in [3.05, 3.63) is 87.8 Å². The van der Waals surface area contributed by atoms with Gasteiger partial charge in [-0.25, -0.2) is 4.39 Å². The van der Waals surface area contributed by atoms with Gasteiger partial charge in [0, 0.05) is 0 Å². The minimum absolute atomic E-state index is 0.132. The van der Waals surface area contributed by atoms with Gasteiger partial charge in [-0.15, -0.1) is 0 Å². The Morgan fingerprint density at radius 3 is 2.33 bits per heavy atom. The standard InChI is InChI=1S/C28H24BrFN2O6S/c1-35-21-10-8-20(9-11-21)32-27(34)23(31(28(32)39)15-25(33)37-3)13-18-12-22(29)26(24(14-18)36-2)38-16-17-4-6-19(30)7-5-17/h4-14H,15-16H2,1-3H3/b23-13-. The summed E-state index contributed by atoms with van der Waals surface area (Å²) in [7, 11) is 4.31. The van der Waals surface area contributed by atoms with Crippen molar-refractivity contribution in [1.82, 2.24) is 4.90 Å². The normalized spacial score (nSPS) is 14.1. The minimum Gasteiger partial charge on any atom is -0.497 e. The van der Waals surface area contributed by atoms with Crippen LogP contribution in [0, 0.1) is 5.82 Å². The quantitative estimate of drug-likeness (QED) is 0.182. The maximum Gasteiger partial charge on any atom is 0.325 e. The monoisotopic (exact) mass is 614 g/mol. The van der Waals surface area contributed by atoms with E-state index in [1.54, 1.807) is 61.7 Å². The molecule has 0 bridgehead atoms. The molecule has 0 radical (unpaired) electrons. The van der Waals surface area contributed by atoms with E-state index >= 15 is 0 Å². The number of ether oxygens (including phenoxy) is 4. The molecule has 0 atom stereocenters. The van der Waals surface area contributed by atoms with Crippen molar-refractivity contribution in [2.45, 2.75) is 6.61 Å². The number of anilines is 1. The molecule has 0 aromatic heterocycles. The van der Waals surface area contributed by atoms with E-state index in [0.29, 0.717) is 33.0 Å². The molecule has 1 amide bonds. The van der Waals surface area contributed by atoms with Crippen LogP contribution in [0.4, 0.5) is 10.1 Å². The molecule has 3 aromatic carbocycles. The summed E-state index contributed by atoms with van der Waals surface area (Å²) in [6.07, 6.45) is 1.61. The fourth-order valence-electron chi connectivity index (χ4n) is 3.84. The SMILES string of the molecule is COC(=O)CN1C(=S)N(c2ccc(OC)cc2)C(=O)/C1=C/c1cc(Br)c(OCc2ccc(F)cc2)c(OC)c1. The van der Waals surface area contributed by atoms with Crippen molar-refractivity contribution in [3.63, 3.8) is 0 Å². The highest BCUT2D eigenvalue weighted by Gasteiger charge is 2.40. The summed E-state index contributed by atoms with van der Waals surface area (Å²) in [5.74, 6) is 0.151. The number of thiocarbonyl (C=S) groups is 1. The first-order chi connectivity index (χ1) is 18.7. The highest BCUT2D eigenvalue weighted by molar-refractivity contribution is 9.10. The van der Waals surface area contributed by atoms with Gasteiger partial charge in [0.05, 0.1) is 31.5 Å². The topological polar surface area (TPSA) is 77.5 Å². The van der Waals surface area contributed by atoms with Gasteiger partial charge in [0.2, 0.25) is 0 Å². The van der Waals surface area contributed by atoms with E-state index in [1.165, 1.54) is 36.2 Å². The van der Waals surface area contributed by atoms with Crippen molar-refractivity contribution in [3.8, 4) is 17.2 Å². The second-order valence-corrected chi connectivity index (χ2v) is 9.48. The number of rotatable bonds is 9. The predicted octanol–water partition coefficient (Wildman–Crippen LogP) is 5.33. The zero-order valence-corrected chi connectivity index (χ0v) is 23.7. The van der Waals surface area contributed by atoms with Crippen LogP contribution in [0.25, 0.3) is 6.08 Å². The Balaban J connectivity index is 1.68. The van der Waals surface area contributed by atoms with E-state index in [9.17, 15) is 14.0 Å². The van der Waals surface area contributed by atoms with Crippen LogP contribution in [0.2, 0.25) is 0 Å². The molecule has 4 rings (SSSR count). The molecule has 8 nitrogen and oxygen atoms in total. The molecule has 0 aliphatic carbocycles. The summed E-state index contributed by atoms with van der Waals surface area (Å²) in [5, 5.41) is 0.132. The third kappa shape index (κ3) is 6.21. The van der Waals surface area contributed by atoms with Crippen LogP contribution in [0.3, 0.4) is 0 Å². The van der Waals surface area contributed by atoms with Crippen LogP contribution < -0.4 is 19.1 Å². The Kier molecular flexibility index (Phi) is 8.82. The Morgan fingerprint density at radius 1 is 1.03 bits per heavy atom. The van der Waals surface area contributed by atoms with Crippen LogP contribution in [0.5, 0.6) is 17.2 Å². The summed E-state index contributed by atoms with van der Waals surface area (Å²) in [4.78, 5) is 28.6. The van der Waals surface area contributed by atoms with Gasteiger partial charge in [0.15, 0.2) is 16.6 Å². The van der Waals surface area contributed by atoms with Gasteiger partial charge >= 0.3 is 5.97 Å². The largest absolute Gasteiger partial charge is 0.497 e. The number of hydrogen-bond acceptors (Lipinski definition) is 7. The lowest BCUT2D eigenvalue weighted by Gasteiger charge is -2.19. The molecular weight excluding hydrogens is 591 g/mol. The highest BCUT2D eigenvalue weighted by atomic mass is 79.9. The predicted molar refractivity (Wildman–Crippen MR) is 151 cm³/mol. The van der Waals surface area contributed by atoms with Crippen LogP contribution >= 0.6 is 28.1 Å². The van der Waals surface area contributed by atoms with E-state index in [0.717, 1.165) is 5.56 Å². The maximum absolute atomic E-state index is 13.6. The first kappa shape index (κ1) is 28.1. The average molecular weight is 615 g/mol. The van der Waals surface area contributed by atoms with E-state index < -0.39 is 11.9 Å². The number of nitrogens with zero attached hydrogens (tertiary/aromatic N) is 2. The molecule has 1 heterocycles. The Morgan fingerprint density at radius 2 is 1.72 bits per heavy atom. The van der Waals surface area contributed by atoms with Crippen LogP contribution in [-0.2, 0) is 20.9 Å². The molecule has 1 aliphatic rings. The van der Waals surface area contributed by atoms with Gasteiger partial charge in [0.1, 0.15) is 30.4 Å². The van der Waals surface area contributed by atoms with Crippen molar-refractivity contribution >= 4 is 56.9 Å². The molecule has 0 N–H and O–H groups in total. The van der Waals surface area contributed by atoms with Gasteiger partial charge in [0.25, 0.3) is 5.91 Å². The summed E-state index contributed by atoms with van der Waals surface area (Å²) in [6, 6.07) is 16.3. The van der Waals surface area contributed by atoms with Gasteiger partial charge < -0.3 is 23.8 Å². The summed E-state index contributed by atoms with van der Waals surface area (Å²) < 4.78 is 35.3. The van der Waals surface area contributed by atoms with Crippen LogP contribution in [-0.4, -0.2) is 49.8 Å². The highest BCUT2D eigenvalue weighted by Crippen LogP contribution is 2.39. The number of carbonyl (C=O) groups excluding carboxylic acids is 2. The molecule has 0 unspecified atom stereocenters. The third-order valence-corrected chi connectivity index (χ3v) is 6.82. The molecule has 11 heteroatoms. The first-order valence-electron chi connectivity index (χ1n) is 11.6. The van der Waals surface area contributed by atoms with Gasteiger partial charge in [-0.3, -0.25) is 14.5 Å². The lowest BCUT2D eigenvalue weighted by atomic mass is 10.1. The number of amides is 1. The Bertz CT molecular complexity index is 1430. The number of carbonyl (C=O) groups is 2. The number of hydrogen-bond donors (Lipinski definition) is 0. The lowest BCUT2D eigenvalue weighted by molar-refractivity contribution is -0.140. The van der Waals surface area contributed by atoms with Gasteiger partial charge in [-0.05, 0) is 93.9 Å². The molecule has 3 aromatic rings. The molecule has 39 heavy (non-hydrogen) atoms. The number of esters is 1. The Labute approximate surface area is 238 Å². The molecule has 0 saturated carbocycles. The number of methoxy groups -OCH3 is 3. The molecule has 1 aliphatic heterocycles. The first-order valence-corrected chi connectivity index (χ1v) is 12.8. The zero-order valence-electron chi connectivity index (χ0n) is 21.3.